The Morgan fingerprint density at radius 1 is 1.12 bits per heavy atom. The molecule has 2 aromatic rings. The number of hydrogen-bond acceptors (Lipinski definition) is 5. The second-order valence-electron chi connectivity index (χ2n) is 6.94. The summed E-state index contributed by atoms with van der Waals surface area (Å²) in [6.07, 6.45) is 5.01. The minimum atomic E-state index is 0.104. The number of thiophene rings is 1. The fourth-order valence-corrected chi connectivity index (χ4v) is 6.15. The average molecular weight is 391 g/mol. The van der Waals surface area contributed by atoms with Gasteiger partial charge >= 0.3 is 0 Å². The van der Waals surface area contributed by atoms with Gasteiger partial charge in [0, 0.05) is 18.3 Å². The third-order valence-corrected chi connectivity index (χ3v) is 7.47. The zero-order valence-electron chi connectivity index (χ0n) is 13.8. The van der Waals surface area contributed by atoms with Gasteiger partial charge in [0.25, 0.3) is 0 Å². The highest BCUT2D eigenvalue weighted by molar-refractivity contribution is 7.98. The molecule has 6 heteroatoms. The summed E-state index contributed by atoms with van der Waals surface area (Å²) >= 11 is 9.16. The van der Waals surface area contributed by atoms with Crippen LogP contribution in [0, 0.1) is 0 Å². The predicted molar refractivity (Wildman–Crippen MR) is 106 cm³/mol. The summed E-state index contributed by atoms with van der Waals surface area (Å²) in [7, 11) is 0. The van der Waals surface area contributed by atoms with Crippen molar-refractivity contribution in [3.63, 3.8) is 0 Å². The van der Waals surface area contributed by atoms with E-state index in [2.05, 4.69) is 29.2 Å². The van der Waals surface area contributed by atoms with Crippen LogP contribution in [0.25, 0.3) is 0 Å². The smallest absolute Gasteiger partial charge is 0.182 e. The van der Waals surface area contributed by atoms with Gasteiger partial charge in [-0.15, -0.1) is 0 Å². The Morgan fingerprint density at radius 3 is 2.64 bits per heavy atom. The Hall–Kier alpha value is -1.17. The zero-order valence-corrected chi connectivity index (χ0v) is 16.2. The Bertz CT molecular complexity index is 809. The Kier molecular flexibility index (Phi) is 3.99. The van der Waals surface area contributed by atoms with Crippen molar-refractivity contribution in [2.45, 2.75) is 37.1 Å². The number of fused-ring (bicyclic) bond motifs is 2. The lowest BCUT2D eigenvalue weighted by atomic mass is 9.63. The van der Waals surface area contributed by atoms with Gasteiger partial charge in [0.05, 0.1) is 9.75 Å². The molecule has 6 rings (SSSR count). The molecule has 130 valence electrons. The fraction of sp³-hybridized carbons (Fsp3) is 0.421. The van der Waals surface area contributed by atoms with Crippen molar-refractivity contribution in [1.82, 2.24) is 4.90 Å². The van der Waals surface area contributed by atoms with Crippen molar-refractivity contribution in [3.05, 3.63) is 46.3 Å². The van der Waals surface area contributed by atoms with Gasteiger partial charge in [-0.25, -0.2) is 4.40 Å². The van der Waals surface area contributed by atoms with Crippen LogP contribution in [0.4, 0.5) is 0 Å². The molecule has 3 aliphatic heterocycles. The summed E-state index contributed by atoms with van der Waals surface area (Å²) < 4.78 is 11.6. The van der Waals surface area contributed by atoms with E-state index in [-0.39, 0.29) is 5.41 Å². The molecule has 1 aromatic heterocycles. The van der Waals surface area contributed by atoms with Crippen molar-refractivity contribution in [3.8, 4) is 10.8 Å². The first-order valence-electron chi connectivity index (χ1n) is 8.75. The summed E-state index contributed by atoms with van der Waals surface area (Å²) in [6, 6.07) is 13.1. The lowest BCUT2D eigenvalue weighted by molar-refractivity contribution is 0.153. The maximum absolute atomic E-state index is 5.98. The van der Waals surface area contributed by atoms with Crippen molar-refractivity contribution in [1.29, 1.82) is 0 Å². The Morgan fingerprint density at radius 2 is 1.92 bits per heavy atom. The van der Waals surface area contributed by atoms with Gasteiger partial charge in [0.15, 0.2) is 5.06 Å². The van der Waals surface area contributed by atoms with E-state index in [0.29, 0.717) is 6.04 Å². The summed E-state index contributed by atoms with van der Waals surface area (Å²) in [6.45, 7) is 1.15. The largest absolute Gasteiger partial charge is 0.447 e. The molecule has 1 aliphatic carbocycles. The van der Waals surface area contributed by atoms with Crippen LogP contribution in [0.1, 0.15) is 31.2 Å². The van der Waals surface area contributed by atoms with Crippen molar-refractivity contribution in [2.75, 3.05) is 12.3 Å². The monoisotopic (exact) mass is 390 g/mol. The van der Waals surface area contributed by atoms with Crippen molar-refractivity contribution < 1.29 is 4.74 Å². The lowest BCUT2D eigenvalue weighted by Crippen LogP contribution is -2.61. The first-order chi connectivity index (χ1) is 12.2. The molecule has 0 spiro atoms. The second kappa shape index (κ2) is 6.22. The third kappa shape index (κ3) is 2.68. The molecule has 0 atom stereocenters. The molecule has 2 saturated heterocycles. The molecule has 0 amide bonds. The maximum atomic E-state index is 5.98. The van der Waals surface area contributed by atoms with E-state index in [1.54, 1.807) is 11.9 Å². The van der Waals surface area contributed by atoms with Crippen LogP contribution >= 0.6 is 34.9 Å². The highest BCUT2D eigenvalue weighted by Crippen LogP contribution is 2.50. The minimum absolute atomic E-state index is 0.104. The molecular formula is C19H19ClN2OS2. The van der Waals surface area contributed by atoms with E-state index in [1.807, 2.05) is 12.1 Å². The number of hydrogen-bond donors (Lipinski definition) is 0. The molecule has 4 heterocycles. The van der Waals surface area contributed by atoms with Crippen LogP contribution in [0.3, 0.4) is 0 Å². The molecule has 2 bridgehead atoms. The molecule has 4 aliphatic rings. The van der Waals surface area contributed by atoms with Gasteiger partial charge in [-0.1, -0.05) is 35.1 Å². The van der Waals surface area contributed by atoms with Gasteiger partial charge in [-0.2, -0.15) is 0 Å². The minimum Gasteiger partial charge on any atom is -0.447 e. The Balaban J connectivity index is 1.45. The number of amidine groups is 1. The van der Waals surface area contributed by atoms with Gasteiger partial charge in [-0.3, -0.25) is 0 Å². The average Bonchev–Trinajstić information content (AvgIpc) is 3.08. The van der Waals surface area contributed by atoms with Crippen LogP contribution < -0.4 is 4.74 Å². The number of nitrogens with zero attached hydrogens (tertiary/aromatic N) is 2. The molecule has 3 nitrogen and oxygen atoms in total. The maximum Gasteiger partial charge on any atom is 0.182 e. The van der Waals surface area contributed by atoms with Gasteiger partial charge in [0.2, 0.25) is 0 Å². The van der Waals surface area contributed by atoms with Crippen molar-refractivity contribution in [2.24, 2.45) is 4.40 Å². The fourth-order valence-electron chi connectivity index (χ4n) is 4.48. The number of ether oxygens (including phenoxy) is 1. The van der Waals surface area contributed by atoms with E-state index in [4.69, 9.17) is 20.7 Å². The molecular weight excluding hydrogens is 372 g/mol. The highest BCUT2D eigenvalue weighted by atomic mass is 35.5. The van der Waals surface area contributed by atoms with E-state index in [1.165, 1.54) is 48.4 Å². The molecule has 0 radical (unpaired) electrons. The Labute approximate surface area is 161 Å². The summed E-state index contributed by atoms with van der Waals surface area (Å²) in [5.41, 5.74) is 1.49. The topological polar surface area (TPSA) is 24.8 Å². The predicted octanol–water partition coefficient (Wildman–Crippen LogP) is 5.75. The number of benzene rings is 1. The van der Waals surface area contributed by atoms with E-state index in [9.17, 15) is 0 Å². The normalized spacial score (nSPS) is 27.8. The van der Waals surface area contributed by atoms with E-state index >= 15 is 0 Å². The van der Waals surface area contributed by atoms with Crippen molar-refractivity contribution >= 4 is 40.7 Å². The summed E-state index contributed by atoms with van der Waals surface area (Å²) in [5.74, 6) is 3.30. The van der Waals surface area contributed by atoms with Crippen LogP contribution in [0.2, 0.25) is 4.34 Å². The first kappa shape index (κ1) is 16.0. The molecule has 0 unspecified atom stereocenters. The molecule has 1 aromatic carbocycles. The van der Waals surface area contributed by atoms with E-state index < -0.39 is 0 Å². The molecule has 0 N–H and O–H groups in total. The number of rotatable bonds is 3. The number of halogens is 1. The SMILES string of the molecule is Clc1ccc(Oc2ccc(C34CCC(CC3)N3CCSN=C34)cc2)s1. The first-order valence-corrected chi connectivity index (χ1v) is 10.9. The molecule has 25 heavy (non-hydrogen) atoms. The van der Waals surface area contributed by atoms with Crippen LogP contribution in [-0.2, 0) is 5.41 Å². The lowest BCUT2D eigenvalue weighted by Gasteiger charge is -2.55. The number of piperidine rings is 2. The highest BCUT2D eigenvalue weighted by Gasteiger charge is 2.51. The van der Waals surface area contributed by atoms with Crippen LogP contribution in [-0.4, -0.2) is 29.1 Å². The molecule has 3 fully saturated rings. The van der Waals surface area contributed by atoms with Crippen LogP contribution in [0.5, 0.6) is 10.8 Å². The van der Waals surface area contributed by atoms with Gasteiger partial charge in [-0.05, 0) is 67.5 Å². The van der Waals surface area contributed by atoms with E-state index in [0.717, 1.165) is 27.4 Å². The summed E-state index contributed by atoms with van der Waals surface area (Å²) in [5, 5.41) is 0.827. The third-order valence-electron chi connectivity index (χ3n) is 5.70. The molecule has 1 saturated carbocycles. The van der Waals surface area contributed by atoms with Gasteiger partial charge in [0.1, 0.15) is 11.6 Å². The quantitative estimate of drug-likeness (QED) is 0.623. The summed E-state index contributed by atoms with van der Waals surface area (Å²) in [4.78, 5) is 2.58. The standard InChI is InChI=1S/C19H19ClN2OS2/c20-16-5-6-17(25-16)23-15-3-1-13(2-4-15)19-9-7-14(8-10-19)22-11-12-24-21-18(19)22/h1-6,14H,7-12H2. The second-order valence-corrected chi connectivity index (χ2v) is 9.47. The van der Waals surface area contributed by atoms with Crippen LogP contribution in [0.15, 0.2) is 40.8 Å². The van der Waals surface area contributed by atoms with Gasteiger partial charge < -0.3 is 9.64 Å². The zero-order chi connectivity index (χ0) is 16.9.